The lowest BCUT2D eigenvalue weighted by atomic mass is 10.1. The first kappa shape index (κ1) is 14.5. The summed E-state index contributed by atoms with van der Waals surface area (Å²) in [6, 6.07) is 0. The second kappa shape index (κ2) is 6.47. The molecule has 1 aromatic heterocycles. The van der Waals surface area contributed by atoms with Gasteiger partial charge in [0.25, 0.3) is 0 Å². The van der Waals surface area contributed by atoms with Gasteiger partial charge in [-0.1, -0.05) is 0 Å². The highest BCUT2D eigenvalue weighted by atomic mass is 32.2. The zero-order valence-electron chi connectivity index (χ0n) is 11.1. The quantitative estimate of drug-likeness (QED) is 0.807. The van der Waals surface area contributed by atoms with Gasteiger partial charge in [-0.3, -0.25) is 9.00 Å². The molecule has 1 aliphatic rings. The van der Waals surface area contributed by atoms with Crippen molar-refractivity contribution >= 4 is 33.2 Å². The van der Waals surface area contributed by atoms with Crippen LogP contribution in [0.25, 0.3) is 0 Å². The van der Waals surface area contributed by atoms with Crippen LogP contribution in [0.5, 0.6) is 0 Å². The Morgan fingerprint density at radius 3 is 3.11 bits per heavy atom. The topological polar surface area (TPSA) is 68.3 Å². The van der Waals surface area contributed by atoms with Gasteiger partial charge >= 0.3 is 5.97 Å². The van der Waals surface area contributed by atoms with Crippen LogP contribution < -0.4 is 5.32 Å². The largest absolute Gasteiger partial charge is 0.465 e. The first-order valence-corrected chi connectivity index (χ1v) is 8.86. The number of ether oxygens (including phenoxy) is 1. The van der Waals surface area contributed by atoms with Crippen molar-refractivity contribution in [2.24, 2.45) is 0 Å². The van der Waals surface area contributed by atoms with Gasteiger partial charge < -0.3 is 10.1 Å². The maximum absolute atomic E-state index is 11.8. The first-order chi connectivity index (χ1) is 9.11. The number of fused-ring (bicyclic) bond motifs is 1. The van der Waals surface area contributed by atoms with E-state index in [1.165, 1.54) is 0 Å². The van der Waals surface area contributed by atoms with E-state index in [0.29, 0.717) is 18.9 Å². The fourth-order valence-corrected chi connectivity index (χ4v) is 3.53. The second-order valence-corrected chi connectivity index (χ2v) is 7.01. The third kappa shape index (κ3) is 3.54. The standard InChI is InChI=1S/C12H18N2O3S2/c1-3-17-11(15)8-4-5-9-10(8)14-12(18-9)13-6-7-19(2)16/h8H,3-7H2,1-2H3,(H,13,14). The van der Waals surface area contributed by atoms with E-state index < -0.39 is 10.8 Å². The summed E-state index contributed by atoms with van der Waals surface area (Å²) in [7, 11) is -0.802. The summed E-state index contributed by atoms with van der Waals surface area (Å²) in [6.45, 7) is 2.86. The minimum atomic E-state index is -0.802. The molecule has 0 fully saturated rings. The fourth-order valence-electron chi connectivity index (χ4n) is 2.08. The van der Waals surface area contributed by atoms with Crippen molar-refractivity contribution in [3.05, 3.63) is 10.6 Å². The molecule has 0 spiro atoms. The predicted octanol–water partition coefficient (Wildman–Crippen LogP) is 1.53. The van der Waals surface area contributed by atoms with Gasteiger partial charge in [0, 0.05) is 34.2 Å². The van der Waals surface area contributed by atoms with Crippen LogP contribution in [0.4, 0.5) is 5.13 Å². The van der Waals surface area contributed by atoms with E-state index in [9.17, 15) is 9.00 Å². The molecule has 1 heterocycles. The number of nitrogens with one attached hydrogen (secondary N) is 1. The summed E-state index contributed by atoms with van der Waals surface area (Å²) in [6.07, 6.45) is 3.37. The van der Waals surface area contributed by atoms with Crippen molar-refractivity contribution in [2.75, 3.05) is 30.5 Å². The Kier molecular flexibility index (Phi) is 4.93. The SMILES string of the molecule is CCOC(=O)C1CCc2sc(NCCS(C)=O)nc21. The van der Waals surface area contributed by atoms with Crippen LogP contribution in [0.2, 0.25) is 0 Å². The van der Waals surface area contributed by atoms with E-state index in [2.05, 4.69) is 10.3 Å². The van der Waals surface area contributed by atoms with Crippen molar-refractivity contribution in [3.63, 3.8) is 0 Å². The number of carbonyl (C=O) groups excluding carboxylic acids is 1. The third-order valence-electron chi connectivity index (χ3n) is 2.95. The monoisotopic (exact) mass is 302 g/mol. The summed E-state index contributed by atoms with van der Waals surface area (Å²) < 4.78 is 16.0. The minimum Gasteiger partial charge on any atom is -0.465 e. The van der Waals surface area contributed by atoms with E-state index in [1.54, 1.807) is 17.6 Å². The molecule has 5 nitrogen and oxygen atoms in total. The molecule has 106 valence electrons. The Labute approximate surface area is 119 Å². The van der Waals surface area contributed by atoms with Crippen molar-refractivity contribution < 1.29 is 13.7 Å². The molecule has 0 saturated heterocycles. The van der Waals surface area contributed by atoms with Crippen molar-refractivity contribution in [2.45, 2.75) is 25.7 Å². The number of carbonyl (C=O) groups is 1. The van der Waals surface area contributed by atoms with E-state index in [1.807, 2.05) is 6.92 Å². The van der Waals surface area contributed by atoms with Gasteiger partial charge in [0.2, 0.25) is 0 Å². The van der Waals surface area contributed by atoms with Crippen molar-refractivity contribution in [1.82, 2.24) is 4.98 Å². The molecule has 0 bridgehead atoms. The Morgan fingerprint density at radius 1 is 1.63 bits per heavy atom. The van der Waals surface area contributed by atoms with Gasteiger partial charge in [0.15, 0.2) is 5.13 Å². The van der Waals surface area contributed by atoms with Gasteiger partial charge in [0.1, 0.15) is 5.92 Å². The lowest BCUT2D eigenvalue weighted by Crippen LogP contribution is -2.14. The normalized spacial score (nSPS) is 18.9. The van der Waals surface area contributed by atoms with E-state index in [-0.39, 0.29) is 11.9 Å². The Morgan fingerprint density at radius 2 is 2.42 bits per heavy atom. The molecule has 2 unspecified atom stereocenters. The number of rotatable bonds is 6. The summed E-state index contributed by atoms with van der Waals surface area (Å²) in [5.74, 6) is 0.223. The smallest absolute Gasteiger partial charge is 0.315 e. The molecular weight excluding hydrogens is 284 g/mol. The molecule has 0 amide bonds. The third-order valence-corrected chi connectivity index (χ3v) is 4.82. The summed E-state index contributed by atoms with van der Waals surface area (Å²) in [5.41, 5.74) is 0.864. The van der Waals surface area contributed by atoms with Crippen LogP contribution in [0.15, 0.2) is 0 Å². The number of aromatic nitrogens is 1. The van der Waals surface area contributed by atoms with Gasteiger partial charge in [-0.05, 0) is 19.8 Å². The maximum atomic E-state index is 11.8. The molecule has 1 aliphatic carbocycles. The Balaban J connectivity index is 1.99. The molecule has 0 aromatic carbocycles. The number of hydrogen-bond acceptors (Lipinski definition) is 6. The van der Waals surface area contributed by atoms with Gasteiger partial charge in [-0.2, -0.15) is 0 Å². The highest BCUT2D eigenvalue weighted by Crippen LogP contribution is 2.38. The van der Waals surface area contributed by atoms with Gasteiger partial charge in [-0.25, -0.2) is 4.98 Å². The van der Waals surface area contributed by atoms with Crippen LogP contribution >= 0.6 is 11.3 Å². The number of hydrogen-bond donors (Lipinski definition) is 1. The average Bonchev–Trinajstić information content (AvgIpc) is 2.87. The Bertz CT molecular complexity index is 487. The lowest BCUT2D eigenvalue weighted by molar-refractivity contribution is -0.145. The number of anilines is 1. The predicted molar refractivity (Wildman–Crippen MR) is 77.2 cm³/mol. The van der Waals surface area contributed by atoms with Crippen molar-refractivity contribution in [3.8, 4) is 0 Å². The van der Waals surface area contributed by atoms with Crippen LogP contribution in [-0.4, -0.2) is 40.3 Å². The van der Waals surface area contributed by atoms with Crippen LogP contribution in [0.1, 0.15) is 29.8 Å². The molecule has 19 heavy (non-hydrogen) atoms. The zero-order chi connectivity index (χ0) is 13.8. The molecule has 1 N–H and O–H groups in total. The number of aryl methyl sites for hydroxylation is 1. The molecule has 0 saturated carbocycles. The van der Waals surface area contributed by atoms with Crippen LogP contribution in [0.3, 0.4) is 0 Å². The highest BCUT2D eigenvalue weighted by Gasteiger charge is 2.33. The van der Waals surface area contributed by atoms with E-state index in [0.717, 1.165) is 28.5 Å². The minimum absolute atomic E-state index is 0.173. The molecule has 2 atom stereocenters. The average molecular weight is 302 g/mol. The van der Waals surface area contributed by atoms with Gasteiger partial charge in [-0.15, -0.1) is 11.3 Å². The van der Waals surface area contributed by atoms with E-state index >= 15 is 0 Å². The maximum Gasteiger partial charge on any atom is 0.315 e. The number of thiazole rings is 1. The van der Waals surface area contributed by atoms with E-state index in [4.69, 9.17) is 4.74 Å². The Hall–Kier alpha value is -0.950. The molecule has 0 aliphatic heterocycles. The highest BCUT2D eigenvalue weighted by molar-refractivity contribution is 7.84. The fraction of sp³-hybridized carbons (Fsp3) is 0.667. The molecular formula is C12H18N2O3S2. The number of esters is 1. The molecule has 2 rings (SSSR count). The molecule has 1 aromatic rings. The summed E-state index contributed by atoms with van der Waals surface area (Å²) >= 11 is 1.58. The molecule has 0 radical (unpaired) electrons. The van der Waals surface area contributed by atoms with Crippen LogP contribution in [-0.2, 0) is 26.8 Å². The zero-order valence-corrected chi connectivity index (χ0v) is 12.7. The first-order valence-electron chi connectivity index (χ1n) is 6.32. The van der Waals surface area contributed by atoms with Crippen molar-refractivity contribution in [1.29, 1.82) is 0 Å². The number of nitrogens with zero attached hydrogens (tertiary/aromatic N) is 1. The summed E-state index contributed by atoms with van der Waals surface area (Å²) in [4.78, 5) is 17.4. The van der Waals surface area contributed by atoms with Gasteiger partial charge in [0.05, 0.1) is 12.3 Å². The summed E-state index contributed by atoms with van der Waals surface area (Å²) in [5, 5.41) is 3.97. The molecule has 7 heteroatoms. The second-order valence-electron chi connectivity index (χ2n) is 4.37. The van der Waals surface area contributed by atoms with Crippen LogP contribution in [0, 0.1) is 0 Å². The lowest BCUT2D eigenvalue weighted by Gasteiger charge is -2.08.